The van der Waals surface area contributed by atoms with Crippen LogP contribution in [0.25, 0.3) is 0 Å². The van der Waals surface area contributed by atoms with E-state index in [0.717, 1.165) is 6.07 Å². The van der Waals surface area contributed by atoms with Gasteiger partial charge in [-0.2, -0.15) is 13.2 Å². The van der Waals surface area contributed by atoms with E-state index < -0.39 is 22.7 Å². The Morgan fingerprint density at radius 2 is 1.86 bits per heavy atom. The predicted octanol–water partition coefficient (Wildman–Crippen LogP) is 3.90. The second-order valence-corrected chi connectivity index (χ2v) is 4.83. The number of amides is 1. The first kappa shape index (κ1) is 16.0. The molecule has 4 nitrogen and oxygen atoms in total. The lowest BCUT2D eigenvalue weighted by Crippen LogP contribution is -2.14. The molecule has 0 radical (unpaired) electrons. The molecule has 0 spiro atoms. The van der Waals surface area contributed by atoms with Crippen LogP contribution >= 0.6 is 11.6 Å². The number of nitrogens with two attached hydrogens (primary N) is 1. The summed E-state index contributed by atoms with van der Waals surface area (Å²) in [7, 11) is 0. The van der Waals surface area contributed by atoms with Crippen molar-refractivity contribution in [3.63, 3.8) is 0 Å². The third kappa shape index (κ3) is 3.43. The van der Waals surface area contributed by atoms with E-state index in [0.29, 0.717) is 6.07 Å². The largest absolute Gasteiger partial charge is 0.507 e. The van der Waals surface area contributed by atoms with Crippen LogP contribution in [0.3, 0.4) is 0 Å². The van der Waals surface area contributed by atoms with E-state index in [1.165, 1.54) is 24.3 Å². The van der Waals surface area contributed by atoms with Crippen LogP contribution in [0.1, 0.15) is 15.9 Å². The van der Waals surface area contributed by atoms with Gasteiger partial charge in [0.2, 0.25) is 0 Å². The first-order chi connectivity index (χ1) is 10.2. The number of rotatable bonds is 2. The summed E-state index contributed by atoms with van der Waals surface area (Å²) in [5.41, 5.74) is 4.41. The van der Waals surface area contributed by atoms with Crippen molar-refractivity contribution in [1.29, 1.82) is 0 Å². The van der Waals surface area contributed by atoms with Gasteiger partial charge in [-0.15, -0.1) is 0 Å². The lowest BCUT2D eigenvalue weighted by molar-refractivity contribution is -0.137. The van der Waals surface area contributed by atoms with Crippen molar-refractivity contribution in [1.82, 2.24) is 0 Å². The molecular weight excluding hydrogens is 321 g/mol. The summed E-state index contributed by atoms with van der Waals surface area (Å²) >= 11 is 5.49. The fourth-order valence-electron chi connectivity index (χ4n) is 1.75. The molecule has 4 N–H and O–H groups in total. The number of benzene rings is 2. The standard InChI is InChI=1S/C14H10ClF3N2O2/c15-11-3-2-8(6-10(11)14(16,17)18)20-13(22)9-5-7(19)1-4-12(9)21/h1-6,21H,19H2,(H,20,22). The number of carbonyl (C=O) groups excluding carboxylic acids is 1. The van der Waals surface area contributed by atoms with E-state index in [9.17, 15) is 23.1 Å². The van der Waals surface area contributed by atoms with Crippen LogP contribution in [0.5, 0.6) is 5.75 Å². The maximum atomic E-state index is 12.8. The molecule has 2 aromatic carbocycles. The number of phenolic OH excluding ortho intramolecular Hbond substituents is 1. The van der Waals surface area contributed by atoms with Crippen molar-refractivity contribution < 1.29 is 23.1 Å². The molecule has 0 fully saturated rings. The third-order valence-corrected chi connectivity index (χ3v) is 3.12. The molecule has 0 atom stereocenters. The molecule has 22 heavy (non-hydrogen) atoms. The summed E-state index contributed by atoms with van der Waals surface area (Å²) in [6.45, 7) is 0. The number of nitrogens with one attached hydrogen (secondary N) is 1. The first-order valence-corrected chi connectivity index (χ1v) is 6.33. The molecule has 0 aromatic heterocycles. The molecule has 0 aliphatic carbocycles. The number of nitrogen functional groups attached to an aromatic ring is 1. The number of phenols is 1. The van der Waals surface area contributed by atoms with Gasteiger partial charge < -0.3 is 16.2 Å². The van der Waals surface area contributed by atoms with Crippen molar-refractivity contribution in [2.75, 3.05) is 11.1 Å². The number of anilines is 2. The number of aromatic hydroxyl groups is 1. The summed E-state index contributed by atoms with van der Waals surface area (Å²) < 4.78 is 38.3. The Morgan fingerprint density at radius 1 is 1.18 bits per heavy atom. The highest BCUT2D eigenvalue weighted by Gasteiger charge is 2.33. The fraction of sp³-hybridized carbons (Fsp3) is 0.0714. The molecule has 0 aliphatic heterocycles. The van der Waals surface area contributed by atoms with Crippen LogP contribution in [-0.4, -0.2) is 11.0 Å². The monoisotopic (exact) mass is 330 g/mol. The molecule has 116 valence electrons. The van der Waals surface area contributed by atoms with Crippen LogP contribution in [0, 0.1) is 0 Å². The number of carbonyl (C=O) groups is 1. The zero-order valence-corrected chi connectivity index (χ0v) is 11.7. The van der Waals surface area contributed by atoms with Gasteiger partial charge in [-0.1, -0.05) is 11.6 Å². The zero-order chi connectivity index (χ0) is 16.5. The Bertz CT molecular complexity index is 733. The predicted molar refractivity (Wildman–Crippen MR) is 76.9 cm³/mol. The van der Waals surface area contributed by atoms with Gasteiger partial charge in [-0.05, 0) is 36.4 Å². The van der Waals surface area contributed by atoms with Crippen LogP contribution in [0.2, 0.25) is 5.02 Å². The summed E-state index contributed by atoms with van der Waals surface area (Å²) in [5, 5.41) is 11.4. The van der Waals surface area contributed by atoms with E-state index in [-0.39, 0.29) is 22.7 Å². The Balaban J connectivity index is 2.31. The molecule has 2 aromatic rings. The van der Waals surface area contributed by atoms with Gasteiger partial charge in [0.1, 0.15) is 5.75 Å². The topological polar surface area (TPSA) is 75.3 Å². The first-order valence-electron chi connectivity index (χ1n) is 5.95. The Kier molecular flexibility index (Phi) is 4.18. The number of halogens is 4. The Morgan fingerprint density at radius 3 is 2.50 bits per heavy atom. The van der Waals surface area contributed by atoms with Crippen molar-refractivity contribution in [2.45, 2.75) is 6.18 Å². The van der Waals surface area contributed by atoms with Gasteiger partial charge in [0.05, 0.1) is 16.1 Å². The second-order valence-electron chi connectivity index (χ2n) is 4.42. The van der Waals surface area contributed by atoms with E-state index >= 15 is 0 Å². The lowest BCUT2D eigenvalue weighted by Gasteiger charge is -2.12. The summed E-state index contributed by atoms with van der Waals surface area (Å²) in [6.07, 6.45) is -4.64. The molecule has 0 bridgehead atoms. The average molecular weight is 331 g/mol. The van der Waals surface area contributed by atoms with Crippen molar-refractivity contribution in [3.8, 4) is 5.75 Å². The van der Waals surface area contributed by atoms with Gasteiger partial charge in [0.25, 0.3) is 5.91 Å². The van der Waals surface area contributed by atoms with E-state index in [4.69, 9.17) is 17.3 Å². The van der Waals surface area contributed by atoms with E-state index in [2.05, 4.69) is 5.32 Å². The minimum absolute atomic E-state index is 0.108. The van der Waals surface area contributed by atoms with Crippen LogP contribution in [0.4, 0.5) is 24.5 Å². The highest BCUT2D eigenvalue weighted by Crippen LogP contribution is 2.36. The average Bonchev–Trinajstić information content (AvgIpc) is 2.42. The molecule has 0 unspecified atom stereocenters. The van der Waals surface area contributed by atoms with E-state index in [1.807, 2.05) is 0 Å². The number of hydrogen-bond acceptors (Lipinski definition) is 3. The minimum Gasteiger partial charge on any atom is -0.507 e. The fourth-order valence-corrected chi connectivity index (χ4v) is 1.98. The van der Waals surface area contributed by atoms with Gasteiger partial charge in [0, 0.05) is 11.4 Å². The van der Waals surface area contributed by atoms with Gasteiger partial charge in [-0.3, -0.25) is 4.79 Å². The highest BCUT2D eigenvalue weighted by atomic mass is 35.5. The molecule has 2 rings (SSSR count). The maximum absolute atomic E-state index is 12.8. The molecule has 0 aliphatic rings. The Hall–Kier alpha value is -2.41. The minimum atomic E-state index is -4.64. The van der Waals surface area contributed by atoms with E-state index in [1.54, 1.807) is 0 Å². The number of alkyl halides is 3. The molecule has 0 heterocycles. The SMILES string of the molecule is Nc1ccc(O)c(C(=O)Nc2ccc(Cl)c(C(F)(F)F)c2)c1. The van der Waals surface area contributed by atoms with Crippen LogP contribution < -0.4 is 11.1 Å². The normalized spacial score (nSPS) is 11.3. The quantitative estimate of drug-likeness (QED) is 0.577. The molecule has 0 saturated carbocycles. The van der Waals surface area contributed by atoms with Gasteiger partial charge >= 0.3 is 6.18 Å². The summed E-state index contributed by atoms with van der Waals surface area (Å²) in [4.78, 5) is 12.0. The maximum Gasteiger partial charge on any atom is 0.417 e. The Labute approximate surface area is 128 Å². The van der Waals surface area contributed by atoms with Crippen molar-refractivity contribution >= 4 is 28.9 Å². The highest BCUT2D eigenvalue weighted by molar-refractivity contribution is 6.31. The van der Waals surface area contributed by atoms with Crippen molar-refractivity contribution in [2.24, 2.45) is 0 Å². The zero-order valence-electron chi connectivity index (χ0n) is 10.9. The molecule has 0 saturated heterocycles. The smallest absolute Gasteiger partial charge is 0.417 e. The van der Waals surface area contributed by atoms with Gasteiger partial charge in [0.15, 0.2) is 0 Å². The third-order valence-electron chi connectivity index (χ3n) is 2.79. The second kappa shape index (κ2) is 5.76. The summed E-state index contributed by atoms with van der Waals surface area (Å²) in [6, 6.07) is 6.77. The summed E-state index contributed by atoms with van der Waals surface area (Å²) in [5.74, 6) is -1.13. The van der Waals surface area contributed by atoms with Gasteiger partial charge in [-0.25, -0.2) is 0 Å². The molecule has 8 heteroatoms. The molecular formula is C14H10ClF3N2O2. The van der Waals surface area contributed by atoms with Crippen LogP contribution in [-0.2, 0) is 6.18 Å². The number of hydrogen-bond donors (Lipinski definition) is 3. The van der Waals surface area contributed by atoms with Crippen LogP contribution in [0.15, 0.2) is 36.4 Å². The van der Waals surface area contributed by atoms with Crippen molar-refractivity contribution in [3.05, 3.63) is 52.5 Å². The molecule has 1 amide bonds. The lowest BCUT2D eigenvalue weighted by atomic mass is 10.1.